The number of thiophene rings is 1. The number of thiazole rings is 1. The number of hydrogen-bond donors (Lipinski definition) is 0. The summed E-state index contributed by atoms with van der Waals surface area (Å²) in [4.78, 5) is 20.5. The molecule has 0 N–H and O–H groups in total. The van der Waals surface area contributed by atoms with Crippen molar-refractivity contribution in [3.8, 4) is 0 Å². The van der Waals surface area contributed by atoms with Gasteiger partial charge in [0.25, 0.3) is 5.91 Å². The fraction of sp³-hybridized carbons (Fsp3) is 0.529. The number of amides is 1. The van der Waals surface area contributed by atoms with Crippen LogP contribution in [0.25, 0.3) is 0 Å². The van der Waals surface area contributed by atoms with Gasteiger partial charge < -0.3 is 4.90 Å². The standard InChI is InChI=1S/C17H22N2OS2/c1-11(2)8-15-18-12(3)16(22-15)17(20)19(14-4-5-14)9-13-6-7-21-10-13/h6-7,10-11,14H,4-5,8-9H2,1-3H3. The molecule has 22 heavy (non-hydrogen) atoms. The Hall–Kier alpha value is -1.20. The lowest BCUT2D eigenvalue weighted by Crippen LogP contribution is -2.32. The molecule has 2 heterocycles. The molecule has 3 rings (SSSR count). The van der Waals surface area contributed by atoms with E-state index < -0.39 is 0 Å². The van der Waals surface area contributed by atoms with Crippen LogP contribution in [0.4, 0.5) is 0 Å². The van der Waals surface area contributed by atoms with Gasteiger partial charge in [-0.15, -0.1) is 11.3 Å². The van der Waals surface area contributed by atoms with Gasteiger partial charge in [-0.25, -0.2) is 4.98 Å². The van der Waals surface area contributed by atoms with Gasteiger partial charge in [0.2, 0.25) is 0 Å². The van der Waals surface area contributed by atoms with Crippen LogP contribution in [0, 0.1) is 12.8 Å². The second-order valence-corrected chi connectivity index (χ2v) is 8.28. The zero-order chi connectivity index (χ0) is 15.7. The van der Waals surface area contributed by atoms with Gasteiger partial charge in [-0.05, 0) is 48.1 Å². The van der Waals surface area contributed by atoms with Crippen LogP contribution in [0.5, 0.6) is 0 Å². The molecule has 1 amide bonds. The molecule has 5 heteroatoms. The Morgan fingerprint density at radius 3 is 2.82 bits per heavy atom. The van der Waals surface area contributed by atoms with Gasteiger partial charge in [0.05, 0.1) is 10.7 Å². The van der Waals surface area contributed by atoms with E-state index in [4.69, 9.17) is 0 Å². The Bertz CT molecular complexity index is 642. The Morgan fingerprint density at radius 1 is 1.45 bits per heavy atom. The number of carbonyl (C=O) groups is 1. The van der Waals surface area contributed by atoms with Crippen LogP contribution in [-0.4, -0.2) is 21.8 Å². The van der Waals surface area contributed by atoms with Gasteiger partial charge in [-0.3, -0.25) is 4.79 Å². The Labute approximate surface area is 140 Å². The van der Waals surface area contributed by atoms with Crippen molar-refractivity contribution in [3.63, 3.8) is 0 Å². The summed E-state index contributed by atoms with van der Waals surface area (Å²) in [7, 11) is 0. The van der Waals surface area contributed by atoms with Crippen molar-refractivity contribution in [2.75, 3.05) is 0 Å². The molecule has 2 aromatic rings. The molecule has 2 aromatic heterocycles. The largest absolute Gasteiger partial charge is 0.331 e. The summed E-state index contributed by atoms with van der Waals surface area (Å²) in [5.74, 6) is 0.734. The van der Waals surface area contributed by atoms with E-state index in [1.165, 1.54) is 5.56 Å². The lowest BCUT2D eigenvalue weighted by Gasteiger charge is -2.21. The summed E-state index contributed by atoms with van der Waals surface area (Å²) in [6.45, 7) is 7.06. The molecule has 1 saturated carbocycles. The average Bonchev–Trinajstić information content (AvgIpc) is 3.04. The minimum absolute atomic E-state index is 0.165. The number of rotatable bonds is 6. The van der Waals surface area contributed by atoms with Crippen LogP contribution in [0.15, 0.2) is 16.8 Å². The summed E-state index contributed by atoms with van der Waals surface area (Å²) in [6.07, 6.45) is 3.21. The summed E-state index contributed by atoms with van der Waals surface area (Å²) in [6, 6.07) is 2.53. The van der Waals surface area contributed by atoms with Crippen LogP contribution >= 0.6 is 22.7 Å². The molecule has 1 fully saturated rings. The van der Waals surface area contributed by atoms with Gasteiger partial charge in [-0.1, -0.05) is 13.8 Å². The minimum Gasteiger partial charge on any atom is -0.331 e. The summed E-state index contributed by atoms with van der Waals surface area (Å²) in [5, 5.41) is 5.29. The van der Waals surface area contributed by atoms with Crippen molar-refractivity contribution in [3.05, 3.63) is 38.0 Å². The third kappa shape index (κ3) is 3.58. The maximum absolute atomic E-state index is 13.0. The highest BCUT2D eigenvalue weighted by molar-refractivity contribution is 7.13. The molecule has 1 aliphatic rings. The summed E-state index contributed by atoms with van der Waals surface area (Å²) < 4.78 is 0. The average molecular weight is 335 g/mol. The SMILES string of the molecule is Cc1nc(CC(C)C)sc1C(=O)N(Cc1ccsc1)C1CC1. The molecule has 0 radical (unpaired) electrons. The van der Waals surface area contributed by atoms with Crippen molar-refractivity contribution in [2.24, 2.45) is 5.92 Å². The van der Waals surface area contributed by atoms with E-state index in [0.717, 1.165) is 41.4 Å². The predicted molar refractivity (Wildman–Crippen MR) is 92.6 cm³/mol. The third-order valence-corrected chi connectivity index (χ3v) is 5.70. The normalized spacial score (nSPS) is 14.5. The quantitative estimate of drug-likeness (QED) is 0.778. The van der Waals surface area contributed by atoms with Crippen molar-refractivity contribution in [1.29, 1.82) is 0 Å². The van der Waals surface area contributed by atoms with Gasteiger partial charge in [0.15, 0.2) is 0 Å². The van der Waals surface area contributed by atoms with Crippen molar-refractivity contribution < 1.29 is 4.79 Å². The van der Waals surface area contributed by atoms with Crippen LogP contribution in [0.1, 0.15) is 52.6 Å². The second-order valence-electron chi connectivity index (χ2n) is 6.42. The maximum atomic E-state index is 13.0. The molecule has 0 aliphatic heterocycles. The molecule has 118 valence electrons. The number of carbonyl (C=O) groups excluding carboxylic acids is 1. The molecular weight excluding hydrogens is 312 g/mol. The first-order valence-corrected chi connectivity index (χ1v) is 9.59. The van der Waals surface area contributed by atoms with E-state index in [9.17, 15) is 4.79 Å². The van der Waals surface area contributed by atoms with Gasteiger partial charge in [0.1, 0.15) is 4.88 Å². The minimum atomic E-state index is 0.165. The van der Waals surface area contributed by atoms with Gasteiger partial charge >= 0.3 is 0 Å². The highest BCUT2D eigenvalue weighted by atomic mass is 32.1. The van der Waals surface area contributed by atoms with Crippen LogP contribution < -0.4 is 0 Å². The number of aryl methyl sites for hydroxylation is 1. The first kappa shape index (κ1) is 15.7. The van der Waals surface area contributed by atoms with E-state index in [-0.39, 0.29) is 5.91 Å². The first-order valence-electron chi connectivity index (χ1n) is 7.83. The van der Waals surface area contributed by atoms with Crippen molar-refractivity contribution >= 4 is 28.6 Å². The van der Waals surface area contributed by atoms with E-state index in [1.807, 2.05) is 11.8 Å². The third-order valence-electron chi connectivity index (χ3n) is 3.80. The van der Waals surface area contributed by atoms with Gasteiger partial charge in [0, 0.05) is 19.0 Å². The van der Waals surface area contributed by atoms with Crippen LogP contribution in [0.2, 0.25) is 0 Å². The second kappa shape index (κ2) is 6.50. The van der Waals surface area contributed by atoms with Crippen LogP contribution in [0.3, 0.4) is 0 Å². The van der Waals surface area contributed by atoms with Crippen LogP contribution in [-0.2, 0) is 13.0 Å². The van der Waals surface area contributed by atoms with E-state index in [2.05, 4.69) is 35.7 Å². The molecular formula is C17H22N2OS2. The van der Waals surface area contributed by atoms with E-state index >= 15 is 0 Å². The zero-order valence-corrected chi connectivity index (χ0v) is 15.0. The smallest absolute Gasteiger partial charge is 0.266 e. The fourth-order valence-electron chi connectivity index (χ4n) is 2.55. The molecule has 0 saturated heterocycles. The lowest BCUT2D eigenvalue weighted by molar-refractivity contribution is 0.0734. The molecule has 0 atom stereocenters. The molecule has 0 spiro atoms. The Morgan fingerprint density at radius 2 is 2.23 bits per heavy atom. The zero-order valence-electron chi connectivity index (χ0n) is 13.3. The Balaban J connectivity index is 1.79. The van der Waals surface area contributed by atoms with Crippen molar-refractivity contribution in [1.82, 2.24) is 9.88 Å². The number of aromatic nitrogens is 1. The van der Waals surface area contributed by atoms with Crippen molar-refractivity contribution in [2.45, 2.75) is 52.6 Å². The summed E-state index contributed by atoms with van der Waals surface area (Å²) in [5.41, 5.74) is 2.12. The first-order chi connectivity index (χ1) is 10.5. The van der Waals surface area contributed by atoms with Gasteiger partial charge in [-0.2, -0.15) is 11.3 Å². The van der Waals surface area contributed by atoms with E-state index in [0.29, 0.717) is 12.0 Å². The fourth-order valence-corrected chi connectivity index (χ4v) is 4.44. The number of nitrogens with zero attached hydrogens (tertiary/aromatic N) is 2. The number of hydrogen-bond acceptors (Lipinski definition) is 4. The maximum Gasteiger partial charge on any atom is 0.266 e. The molecule has 1 aliphatic carbocycles. The molecule has 0 unspecified atom stereocenters. The highest BCUT2D eigenvalue weighted by Crippen LogP contribution is 2.32. The monoisotopic (exact) mass is 334 g/mol. The summed E-state index contributed by atoms with van der Waals surface area (Å²) >= 11 is 3.27. The highest BCUT2D eigenvalue weighted by Gasteiger charge is 2.34. The Kier molecular flexibility index (Phi) is 4.64. The lowest BCUT2D eigenvalue weighted by atomic mass is 10.1. The molecule has 0 bridgehead atoms. The topological polar surface area (TPSA) is 33.2 Å². The predicted octanol–water partition coefficient (Wildman–Crippen LogP) is 4.52. The van der Waals surface area contributed by atoms with E-state index in [1.54, 1.807) is 22.7 Å². The molecule has 0 aromatic carbocycles. The molecule has 3 nitrogen and oxygen atoms in total.